The number of aromatic nitrogens is 1. The van der Waals surface area contributed by atoms with Crippen LogP contribution in [0.3, 0.4) is 0 Å². The van der Waals surface area contributed by atoms with Crippen molar-refractivity contribution < 1.29 is 0 Å². The van der Waals surface area contributed by atoms with Crippen molar-refractivity contribution in [3.05, 3.63) is 48.8 Å². The zero-order chi connectivity index (χ0) is 8.67. The van der Waals surface area contributed by atoms with Gasteiger partial charge in [-0.1, -0.05) is 36.4 Å². The van der Waals surface area contributed by atoms with Crippen molar-refractivity contribution >= 4 is 21.5 Å². The quantitative estimate of drug-likeness (QED) is 0.528. The molecule has 0 saturated heterocycles. The lowest BCUT2D eigenvalue weighted by Crippen LogP contribution is -1.71. The molecule has 1 nitrogen and oxygen atoms in total. The van der Waals surface area contributed by atoms with Crippen LogP contribution >= 0.6 is 0 Å². The molecule has 0 aliphatic heterocycles. The van der Waals surface area contributed by atoms with Crippen molar-refractivity contribution in [2.24, 2.45) is 0 Å². The molecule has 0 fully saturated rings. The number of fused-ring (bicyclic) bond motifs is 3. The molecule has 61 valence electrons. The molecule has 0 spiro atoms. The third-order valence-corrected chi connectivity index (χ3v) is 2.39. The van der Waals surface area contributed by atoms with E-state index in [4.69, 9.17) is 0 Å². The van der Waals surface area contributed by atoms with Crippen LogP contribution in [0.1, 0.15) is 0 Å². The smallest absolute Gasteiger partial charge is 0.0705 e. The van der Waals surface area contributed by atoms with Crippen molar-refractivity contribution in [2.75, 3.05) is 0 Å². The van der Waals surface area contributed by atoms with E-state index in [9.17, 15) is 0 Å². The molecule has 3 aromatic rings. The summed E-state index contributed by atoms with van der Waals surface area (Å²) in [6.45, 7) is 0. The lowest BCUT2D eigenvalue weighted by atomic mass is 10.1. The summed E-state index contributed by atoms with van der Waals surface area (Å²) >= 11 is 0. The van der Waals surface area contributed by atoms with Gasteiger partial charge >= 0.3 is 0 Å². The zero-order valence-corrected chi connectivity index (χ0v) is 7.04. The Balaban J connectivity index is 2.65. The average Bonchev–Trinajstić information content (AvgIpc) is 2.65. The zero-order valence-electron chi connectivity index (χ0n) is 7.04. The summed E-state index contributed by atoms with van der Waals surface area (Å²) < 4.78 is 0. The first-order valence-corrected chi connectivity index (χ1v) is 4.32. The first-order valence-electron chi connectivity index (χ1n) is 4.32. The SMILES string of the molecule is [c]1[nH]cc2c1ccc1ccccc12. The molecular formula is C12H8N. The first-order chi connectivity index (χ1) is 6.45. The van der Waals surface area contributed by atoms with E-state index >= 15 is 0 Å². The Kier molecular flexibility index (Phi) is 1.22. The van der Waals surface area contributed by atoms with E-state index in [1.807, 2.05) is 6.20 Å². The molecule has 1 radical (unpaired) electrons. The van der Waals surface area contributed by atoms with Crippen LogP contribution in [0.2, 0.25) is 0 Å². The van der Waals surface area contributed by atoms with Crippen molar-refractivity contribution in [1.29, 1.82) is 0 Å². The van der Waals surface area contributed by atoms with Crippen LogP contribution in [0.5, 0.6) is 0 Å². The van der Waals surface area contributed by atoms with Gasteiger partial charge in [-0.15, -0.1) is 0 Å². The molecule has 3 rings (SSSR count). The Labute approximate surface area is 76.0 Å². The van der Waals surface area contributed by atoms with Gasteiger partial charge < -0.3 is 4.98 Å². The number of hydrogen-bond acceptors (Lipinski definition) is 0. The Morgan fingerprint density at radius 1 is 0.923 bits per heavy atom. The molecule has 0 aliphatic rings. The third-order valence-electron chi connectivity index (χ3n) is 2.39. The van der Waals surface area contributed by atoms with Crippen LogP contribution < -0.4 is 0 Å². The second-order valence-corrected chi connectivity index (χ2v) is 3.16. The fourth-order valence-electron chi connectivity index (χ4n) is 1.75. The van der Waals surface area contributed by atoms with Gasteiger partial charge in [-0.05, 0) is 10.8 Å². The minimum absolute atomic E-state index is 1.15. The van der Waals surface area contributed by atoms with E-state index in [2.05, 4.69) is 47.6 Å². The van der Waals surface area contributed by atoms with E-state index in [1.54, 1.807) is 0 Å². The van der Waals surface area contributed by atoms with Gasteiger partial charge in [0.1, 0.15) is 0 Å². The van der Waals surface area contributed by atoms with Gasteiger partial charge in [0.25, 0.3) is 0 Å². The highest BCUT2D eigenvalue weighted by atomic mass is 14.6. The Morgan fingerprint density at radius 3 is 2.85 bits per heavy atom. The summed E-state index contributed by atoms with van der Waals surface area (Å²) in [5.41, 5.74) is 0. The molecule has 0 saturated carbocycles. The molecule has 1 N–H and O–H groups in total. The largest absolute Gasteiger partial charge is 0.359 e. The predicted octanol–water partition coefficient (Wildman–Crippen LogP) is 3.12. The standard InChI is InChI=1S/C12H8N/c1-2-4-11-9(3-1)5-6-10-7-13-8-12(10)11/h1-6,8,13H. The van der Waals surface area contributed by atoms with E-state index in [0.29, 0.717) is 0 Å². The van der Waals surface area contributed by atoms with Crippen LogP contribution in [0.15, 0.2) is 42.6 Å². The maximum Gasteiger partial charge on any atom is 0.0705 e. The van der Waals surface area contributed by atoms with Crippen LogP contribution in [-0.2, 0) is 0 Å². The van der Waals surface area contributed by atoms with E-state index in [-0.39, 0.29) is 0 Å². The fourth-order valence-corrected chi connectivity index (χ4v) is 1.75. The highest BCUT2D eigenvalue weighted by Gasteiger charge is 1.98. The number of hydrogen-bond donors (Lipinski definition) is 1. The molecule has 0 bridgehead atoms. The summed E-state index contributed by atoms with van der Waals surface area (Å²) in [7, 11) is 0. The van der Waals surface area contributed by atoms with Crippen molar-refractivity contribution in [3.63, 3.8) is 0 Å². The van der Waals surface area contributed by atoms with Gasteiger partial charge in [0, 0.05) is 17.0 Å². The van der Waals surface area contributed by atoms with Crippen LogP contribution in [0.25, 0.3) is 21.5 Å². The van der Waals surface area contributed by atoms with Crippen molar-refractivity contribution in [3.8, 4) is 0 Å². The Morgan fingerprint density at radius 2 is 1.85 bits per heavy atom. The molecule has 13 heavy (non-hydrogen) atoms. The molecule has 1 heteroatoms. The van der Waals surface area contributed by atoms with Gasteiger partial charge in [-0.3, -0.25) is 0 Å². The molecule has 0 unspecified atom stereocenters. The molecular weight excluding hydrogens is 158 g/mol. The van der Waals surface area contributed by atoms with Gasteiger partial charge in [0.05, 0.1) is 6.20 Å². The van der Waals surface area contributed by atoms with Gasteiger partial charge in [0.15, 0.2) is 0 Å². The first kappa shape index (κ1) is 6.72. The second kappa shape index (κ2) is 2.36. The molecule has 2 aromatic carbocycles. The topological polar surface area (TPSA) is 15.8 Å². The van der Waals surface area contributed by atoms with E-state index in [1.165, 1.54) is 16.2 Å². The van der Waals surface area contributed by atoms with Crippen LogP contribution in [0.4, 0.5) is 0 Å². The second-order valence-electron chi connectivity index (χ2n) is 3.16. The number of rotatable bonds is 0. The Bertz CT molecular complexity index is 563. The van der Waals surface area contributed by atoms with Crippen molar-refractivity contribution in [2.45, 2.75) is 0 Å². The molecule has 0 amide bonds. The normalized spacial score (nSPS) is 11.1. The highest BCUT2D eigenvalue weighted by Crippen LogP contribution is 2.23. The summed E-state index contributed by atoms with van der Waals surface area (Å²) in [6, 6.07) is 12.6. The number of aromatic amines is 1. The van der Waals surface area contributed by atoms with Crippen molar-refractivity contribution in [1.82, 2.24) is 4.98 Å². The average molecular weight is 166 g/mol. The lowest BCUT2D eigenvalue weighted by molar-refractivity contribution is 1.41. The minimum atomic E-state index is 1.15. The van der Waals surface area contributed by atoms with Crippen LogP contribution in [0, 0.1) is 6.20 Å². The number of nitrogens with one attached hydrogen (secondary N) is 1. The van der Waals surface area contributed by atoms with E-state index < -0.39 is 0 Å². The summed E-state index contributed by atoms with van der Waals surface area (Å²) in [5, 5.41) is 4.97. The Hall–Kier alpha value is -1.76. The van der Waals surface area contributed by atoms with Gasteiger partial charge in [-0.2, -0.15) is 0 Å². The summed E-state index contributed by atoms with van der Waals surface area (Å²) in [4.78, 5) is 3.00. The number of H-pyrrole nitrogens is 1. The monoisotopic (exact) mass is 166 g/mol. The van der Waals surface area contributed by atoms with Crippen LogP contribution in [-0.4, -0.2) is 4.98 Å². The summed E-state index contributed by atoms with van der Waals surface area (Å²) in [6.07, 6.45) is 5.08. The van der Waals surface area contributed by atoms with Gasteiger partial charge in [-0.25, -0.2) is 0 Å². The fraction of sp³-hybridized carbons (Fsp3) is 0. The number of benzene rings is 2. The molecule has 0 atom stereocenters. The lowest BCUT2D eigenvalue weighted by Gasteiger charge is -1.97. The highest BCUT2D eigenvalue weighted by molar-refractivity contribution is 6.06. The summed E-state index contributed by atoms with van der Waals surface area (Å²) in [5.74, 6) is 0. The molecule has 1 heterocycles. The third kappa shape index (κ3) is 0.872. The minimum Gasteiger partial charge on any atom is -0.359 e. The molecule has 0 aliphatic carbocycles. The maximum atomic E-state index is 3.09. The maximum absolute atomic E-state index is 3.09. The van der Waals surface area contributed by atoms with E-state index in [0.717, 1.165) is 5.39 Å². The predicted molar refractivity (Wildman–Crippen MR) is 54.6 cm³/mol. The van der Waals surface area contributed by atoms with Gasteiger partial charge in [0.2, 0.25) is 0 Å². The molecule has 1 aromatic heterocycles.